The maximum Gasteiger partial charge on any atom is 0.257 e. The molecule has 1 amide bonds. The highest BCUT2D eigenvalue weighted by atomic mass is 79.9. The Kier molecular flexibility index (Phi) is 4.39. The van der Waals surface area contributed by atoms with E-state index in [-0.39, 0.29) is 17.3 Å². The van der Waals surface area contributed by atoms with Crippen LogP contribution in [-0.2, 0) is 0 Å². The minimum Gasteiger partial charge on any atom is -0.409 e. The number of oxime groups is 1. The number of carbonyl (C=O) groups is 1. The molecule has 5 N–H and O–H groups in total. The molecule has 0 aliphatic heterocycles. The number of anilines is 1. The van der Waals surface area contributed by atoms with Gasteiger partial charge in [0.25, 0.3) is 5.91 Å². The molecule has 0 spiro atoms. The van der Waals surface area contributed by atoms with Crippen LogP contribution in [0.4, 0.5) is 5.69 Å². The van der Waals surface area contributed by atoms with Gasteiger partial charge in [-0.2, -0.15) is 0 Å². The van der Waals surface area contributed by atoms with Crippen LogP contribution in [0.15, 0.2) is 51.0 Å². The topological polar surface area (TPSA) is 121 Å². The number of nitrogens with one attached hydrogen (secondary N) is 2. The first-order chi connectivity index (χ1) is 10.0. The van der Waals surface area contributed by atoms with Crippen LogP contribution in [0.2, 0.25) is 0 Å². The van der Waals surface area contributed by atoms with Gasteiger partial charge in [-0.05, 0) is 40.2 Å². The van der Waals surface area contributed by atoms with Gasteiger partial charge in [-0.25, -0.2) is 0 Å². The van der Waals surface area contributed by atoms with E-state index < -0.39 is 0 Å². The van der Waals surface area contributed by atoms with Crippen molar-refractivity contribution in [3.63, 3.8) is 0 Å². The average molecular weight is 351 g/mol. The molecule has 0 aliphatic carbocycles. The molecule has 0 saturated carbocycles. The lowest BCUT2D eigenvalue weighted by Gasteiger charge is -2.08. The third-order valence-corrected chi connectivity index (χ3v) is 3.32. The first-order valence-corrected chi connectivity index (χ1v) is 6.58. The number of halogens is 1. The number of nitrogens with zero attached hydrogens (tertiary/aromatic N) is 1. The highest BCUT2D eigenvalue weighted by Gasteiger charge is 2.10. The number of rotatable bonds is 3. The first-order valence-electron chi connectivity index (χ1n) is 5.79. The van der Waals surface area contributed by atoms with Gasteiger partial charge in [-0.1, -0.05) is 5.16 Å². The van der Waals surface area contributed by atoms with Crippen LogP contribution in [0.1, 0.15) is 15.9 Å². The molecule has 1 aromatic heterocycles. The standard InChI is InChI=1S/C13H11BrN4O3/c14-9-5-7(12(15)18-21)1-3-10(9)17-13(20)8-2-4-11(19)16-6-8/h1-6,21H,(H2,15,18)(H,16,19)(H,17,20). The number of aromatic amines is 1. The third kappa shape index (κ3) is 3.48. The molecule has 1 aromatic carbocycles. The van der Waals surface area contributed by atoms with E-state index in [2.05, 4.69) is 31.4 Å². The summed E-state index contributed by atoms with van der Waals surface area (Å²) in [6.45, 7) is 0. The molecular formula is C13H11BrN4O3. The number of amidine groups is 1. The van der Waals surface area contributed by atoms with Crippen molar-refractivity contribution >= 4 is 33.4 Å². The number of amides is 1. The van der Waals surface area contributed by atoms with Crippen LogP contribution in [-0.4, -0.2) is 21.9 Å². The summed E-state index contributed by atoms with van der Waals surface area (Å²) in [5.41, 5.74) is 6.54. The summed E-state index contributed by atoms with van der Waals surface area (Å²) in [6, 6.07) is 7.51. The van der Waals surface area contributed by atoms with Crippen molar-refractivity contribution in [2.45, 2.75) is 0 Å². The van der Waals surface area contributed by atoms with E-state index >= 15 is 0 Å². The van der Waals surface area contributed by atoms with Gasteiger partial charge in [0.05, 0.1) is 11.3 Å². The molecule has 0 bridgehead atoms. The average Bonchev–Trinajstić information content (AvgIpc) is 2.49. The quantitative estimate of drug-likeness (QED) is 0.290. The summed E-state index contributed by atoms with van der Waals surface area (Å²) >= 11 is 3.29. The maximum absolute atomic E-state index is 12.0. The highest BCUT2D eigenvalue weighted by Crippen LogP contribution is 2.24. The number of aromatic nitrogens is 1. The predicted octanol–water partition coefficient (Wildman–Crippen LogP) is 1.48. The zero-order valence-corrected chi connectivity index (χ0v) is 12.2. The second-order valence-electron chi connectivity index (χ2n) is 4.08. The normalized spacial score (nSPS) is 11.2. The van der Waals surface area contributed by atoms with Crippen LogP contribution in [0.25, 0.3) is 0 Å². The van der Waals surface area contributed by atoms with Crippen molar-refractivity contribution in [1.29, 1.82) is 0 Å². The Morgan fingerprint density at radius 2 is 2.00 bits per heavy atom. The van der Waals surface area contributed by atoms with E-state index in [0.29, 0.717) is 21.3 Å². The van der Waals surface area contributed by atoms with Crippen LogP contribution in [0.5, 0.6) is 0 Å². The van der Waals surface area contributed by atoms with Crippen molar-refractivity contribution in [3.05, 3.63) is 62.5 Å². The predicted molar refractivity (Wildman–Crippen MR) is 81.7 cm³/mol. The Bertz CT molecular complexity index is 750. The summed E-state index contributed by atoms with van der Waals surface area (Å²) < 4.78 is 0.573. The summed E-state index contributed by atoms with van der Waals surface area (Å²) in [6.07, 6.45) is 1.33. The molecule has 8 heteroatoms. The molecule has 2 aromatic rings. The summed E-state index contributed by atoms with van der Waals surface area (Å²) in [5.74, 6) is -0.405. The minimum absolute atomic E-state index is 0.0331. The smallest absolute Gasteiger partial charge is 0.257 e. The van der Waals surface area contributed by atoms with Crippen LogP contribution in [0, 0.1) is 0 Å². The fourth-order valence-corrected chi connectivity index (χ4v) is 2.06. The van der Waals surface area contributed by atoms with E-state index in [9.17, 15) is 9.59 Å². The molecule has 0 aliphatic rings. The van der Waals surface area contributed by atoms with E-state index in [1.807, 2.05) is 0 Å². The Hall–Kier alpha value is -2.61. The molecule has 108 valence electrons. The van der Waals surface area contributed by atoms with E-state index in [0.717, 1.165) is 0 Å². The van der Waals surface area contributed by atoms with Crippen molar-refractivity contribution in [2.75, 3.05) is 5.32 Å². The number of hydrogen-bond donors (Lipinski definition) is 4. The van der Waals surface area contributed by atoms with Crippen molar-refractivity contribution in [1.82, 2.24) is 4.98 Å². The Morgan fingerprint density at radius 3 is 2.57 bits per heavy atom. The zero-order valence-electron chi connectivity index (χ0n) is 10.6. The molecule has 21 heavy (non-hydrogen) atoms. The van der Waals surface area contributed by atoms with E-state index in [1.54, 1.807) is 18.2 Å². The third-order valence-electron chi connectivity index (χ3n) is 2.67. The molecule has 0 radical (unpaired) electrons. The number of hydrogen-bond acceptors (Lipinski definition) is 4. The van der Waals surface area contributed by atoms with Crippen LogP contribution < -0.4 is 16.6 Å². The summed E-state index contributed by atoms with van der Waals surface area (Å²) in [4.78, 5) is 25.4. The molecule has 0 fully saturated rings. The van der Waals surface area contributed by atoms with Gasteiger partial charge in [0.1, 0.15) is 0 Å². The second-order valence-corrected chi connectivity index (χ2v) is 4.93. The van der Waals surface area contributed by atoms with E-state index in [1.165, 1.54) is 18.3 Å². The number of benzene rings is 1. The zero-order chi connectivity index (χ0) is 15.4. The summed E-state index contributed by atoms with van der Waals surface area (Å²) in [5, 5.41) is 14.2. The lowest BCUT2D eigenvalue weighted by Crippen LogP contribution is -2.16. The van der Waals surface area contributed by atoms with Gasteiger partial charge < -0.3 is 21.2 Å². The number of carbonyl (C=O) groups excluding carboxylic acids is 1. The van der Waals surface area contributed by atoms with Gasteiger partial charge >= 0.3 is 0 Å². The lowest BCUT2D eigenvalue weighted by molar-refractivity contribution is 0.102. The molecule has 7 nitrogen and oxygen atoms in total. The largest absolute Gasteiger partial charge is 0.409 e. The number of nitrogens with two attached hydrogens (primary N) is 1. The molecule has 0 saturated heterocycles. The highest BCUT2D eigenvalue weighted by molar-refractivity contribution is 9.10. The number of H-pyrrole nitrogens is 1. The van der Waals surface area contributed by atoms with Crippen molar-refractivity contribution in [3.8, 4) is 0 Å². The van der Waals surface area contributed by atoms with E-state index in [4.69, 9.17) is 10.9 Å². The van der Waals surface area contributed by atoms with Crippen LogP contribution >= 0.6 is 15.9 Å². The van der Waals surface area contributed by atoms with Crippen LogP contribution in [0.3, 0.4) is 0 Å². The minimum atomic E-state index is -0.372. The van der Waals surface area contributed by atoms with Gasteiger partial charge in [0.15, 0.2) is 5.84 Å². The fraction of sp³-hybridized carbons (Fsp3) is 0. The molecule has 2 rings (SSSR count). The first kappa shape index (κ1) is 14.8. The van der Waals surface area contributed by atoms with Crippen molar-refractivity contribution < 1.29 is 10.0 Å². The summed E-state index contributed by atoms with van der Waals surface area (Å²) in [7, 11) is 0. The number of pyridine rings is 1. The molecule has 0 unspecified atom stereocenters. The monoisotopic (exact) mass is 350 g/mol. The van der Waals surface area contributed by atoms with Gasteiger partial charge in [0, 0.05) is 22.3 Å². The molecular weight excluding hydrogens is 340 g/mol. The van der Waals surface area contributed by atoms with Gasteiger partial charge in [-0.3, -0.25) is 9.59 Å². The fourth-order valence-electron chi connectivity index (χ4n) is 1.58. The van der Waals surface area contributed by atoms with Gasteiger partial charge in [-0.15, -0.1) is 0 Å². The maximum atomic E-state index is 12.0. The van der Waals surface area contributed by atoms with Crippen molar-refractivity contribution in [2.24, 2.45) is 10.9 Å². The Morgan fingerprint density at radius 1 is 1.29 bits per heavy atom. The second kappa shape index (κ2) is 6.23. The SMILES string of the molecule is N/C(=N/O)c1ccc(NC(=O)c2ccc(=O)[nH]c2)c(Br)c1. The Labute approximate surface area is 127 Å². The van der Waals surface area contributed by atoms with Gasteiger partial charge in [0.2, 0.25) is 5.56 Å². The molecule has 0 atom stereocenters. The lowest BCUT2D eigenvalue weighted by atomic mass is 10.2. The molecule has 1 heterocycles. The Balaban J connectivity index is 2.22.